The zero-order valence-corrected chi connectivity index (χ0v) is 25.9. The Morgan fingerprint density at radius 3 is 1.11 bits per heavy atom. The summed E-state index contributed by atoms with van der Waals surface area (Å²) in [7, 11) is -5.17. The summed E-state index contributed by atoms with van der Waals surface area (Å²) in [6, 6.07) is 0. The van der Waals surface area contributed by atoms with Crippen LogP contribution in [0, 0.1) is 5.41 Å². The first-order chi connectivity index (χ1) is 17.1. The second-order valence-corrected chi connectivity index (χ2v) is 12.0. The summed E-state index contributed by atoms with van der Waals surface area (Å²) in [6.45, 7) is 4.35. The maximum absolute atomic E-state index is 12.2. The van der Waals surface area contributed by atoms with Crippen molar-refractivity contribution >= 4 is 45.1 Å². The van der Waals surface area contributed by atoms with Crippen molar-refractivity contribution in [1.29, 1.82) is 0 Å². The van der Waals surface area contributed by atoms with Crippen molar-refractivity contribution in [3.8, 4) is 0 Å². The Bertz CT molecular complexity index is 658. The van der Waals surface area contributed by atoms with Gasteiger partial charge in [0.15, 0.2) is 0 Å². The minimum absolute atomic E-state index is 0. The molecule has 0 radical (unpaired) electrons. The van der Waals surface area contributed by atoms with Crippen molar-refractivity contribution < 1.29 is 32.8 Å². The van der Waals surface area contributed by atoms with Gasteiger partial charge in [0.05, 0.1) is 5.97 Å². The maximum Gasteiger partial charge on any atom is 2.00 e. The summed E-state index contributed by atoms with van der Waals surface area (Å²) in [4.78, 5) is 23.9. The van der Waals surface area contributed by atoms with Crippen molar-refractivity contribution in [2.75, 3.05) is 0 Å². The third-order valence-corrected chi connectivity index (χ3v) is 8.61. The molecule has 0 aromatic heterocycles. The molecule has 0 fully saturated rings. The molecule has 37 heavy (non-hydrogen) atoms. The molecular formula is C28H52MgO7S. The van der Waals surface area contributed by atoms with Crippen LogP contribution in [-0.2, 0) is 19.7 Å². The Morgan fingerprint density at radius 2 is 0.892 bits per heavy atom. The first-order valence-corrected chi connectivity index (χ1v) is 16.0. The number of carbonyl (C=O) groups is 2. The molecule has 7 nitrogen and oxygen atoms in total. The van der Waals surface area contributed by atoms with Gasteiger partial charge in [-0.15, -0.1) is 0 Å². The van der Waals surface area contributed by atoms with Crippen molar-refractivity contribution in [2.45, 2.75) is 160 Å². The second-order valence-electron chi connectivity index (χ2n) is 10.5. The minimum atomic E-state index is -5.17. The molecule has 0 aromatic rings. The number of hydrogen-bond donors (Lipinski definition) is 1. The minimum Gasteiger partial charge on any atom is -0.549 e. The van der Waals surface area contributed by atoms with Crippen LogP contribution in [0.5, 0.6) is 0 Å². The van der Waals surface area contributed by atoms with Crippen LogP contribution in [0.4, 0.5) is 0 Å². The van der Waals surface area contributed by atoms with Crippen molar-refractivity contribution in [2.24, 2.45) is 5.41 Å². The van der Waals surface area contributed by atoms with E-state index in [-0.39, 0.29) is 35.9 Å². The van der Waals surface area contributed by atoms with E-state index >= 15 is 0 Å². The molecule has 9 heteroatoms. The van der Waals surface area contributed by atoms with E-state index in [0.717, 1.165) is 51.4 Å². The molecule has 0 saturated carbocycles. The molecule has 1 unspecified atom stereocenters. The first-order valence-electron chi connectivity index (χ1n) is 14.5. The third kappa shape index (κ3) is 17.8. The number of aliphatic carboxylic acids is 2. The molecule has 0 amide bonds. The van der Waals surface area contributed by atoms with Gasteiger partial charge in [-0.3, -0.25) is 4.55 Å². The van der Waals surface area contributed by atoms with Gasteiger partial charge in [-0.25, -0.2) is 0 Å². The Labute approximate surface area is 242 Å². The average Bonchev–Trinajstić information content (AvgIpc) is 2.79. The van der Waals surface area contributed by atoms with Crippen LogP contribution < -0.4 is 10.2 Å². The summed E-state index contributed by atoms with van der Waals surface area (Å²) in [6.07, 6.45) is 19.8. The normalized spacial score (nSPS) is 12.7. The zero-order valence-electron chi connectivity index (χ0n) is 23.6. The number of unbranched alkanes of at least 4 members (excludes halogenated alkanes) is 18. The fourth-order valence-electron chi connectivity index (χ4n) is 5.19. The Hall–Kier alpha value is -0.384. The van der Waals surface area contributed by atoms with Crippen LogP contribution in [0.15, 0.2) is 0 Å². The molecule has 1 atom stereocenters. The number of rotatable bonds is 26. The topological polar surface area (TPSA) is 135 Å². The van der Waals surface area contributed by atoms with Crippen LogP contribution in [0.25, 0.3) is 0 Å². The quantitative estimate of drug-likeness (QED) is 0.0902. The van der Waals surface area contributed by atoms with Crippen molar-refractivity contribution in [3.63, 3.8) is 0 Å². The van der Waals surface area contributed by atoms with Gasteiger partial charge in [-0.2, -0.15) is 8.42 Å². The van der Waals surface area contributed by atoms with Crippen molar-refractivity contribution in [1.82, 2.24) is 0 Å². The molecule has 1 N–H and O–H groups in total. The largest absolute Gasteiger partial charge is 2.00 e. The van der Waals surface area contributed by atoms with Crippen LogP contribution in [0.2, 0.25) is 0 Å². The zero-order chi connectivity index (χ0) is 27.3. The van der Waals surface area contributed by atoms with E-state index < -0.39 is 32.7 Å². The molecule has 214 valence electrons. The predicted octanol–water partition coefficient (Wildman–Crippen LogP) is 4.97. The molecular weight excluding hydrogens is 505 g/mol. The average molecular weight is 557 g/mol. The molecule has 0 heterocycles. The van der Waals surface area contributed by atoms with Crippen molar-refractivity contribution in [3.05, 3.63) is 0 Å². The SMILES string of the molecule is CCCCCCCCCCCCC(CCCCCCCCCCCC)(C(=O)[O-])C(C(=O)[O-])S(=O)(=O)O.[Mg+2]. The monoisotopic (exact) mass is 556 g/mol. The number of hydrogen-bond acceptors (Lipinski definition) is 6. The standard InChI is InChI=1S/C28H54O7S.Mg/c1-3-5-7-9-11-13-15-17-19-21-23-28(27(31)32,25(26(29)30)36(33,34)35)24-22-20-18-16-14-12-10-8-6-4-2;/h25H,3-24H2,1-2H3,(H,29,30)(H,31,32)(H,33,34,35);/q;+2/p-2. The van der Waals surface area contributed by atoms with Gasteiger partial charge in [-0.1, -0.05) is 142 Å². The van der Waals surface area contributed by atoms with Gasteiger partial charge in [0.25, 0.3) is 10.1 Å². The van der Waals surface area contributed by atoms with Gasteiger partial charge in [0.2, 0.25) is 0 Å². The van der Waals surface area contributed by atoms with E-state index in [1.165, 1.54) is 51.4 Å². The Balaban J connectivity index is 0. The number of carboxylic acids is 2. The molecule has 0 saturated heterocycles. The fraction of sp³-hybridized carbons (Fsp3) is 0.929. The molecule has 0 aliphatic rings. The summed E-state index contributed by atoms with van der Waals surface area (Å²) < 4.78 is 33.5. The smallest absolute Gasteiger partial charge is 0.549 e. The molecule has 0 aliphatic heterocycles. The van der Waals surface area contributed by atoms with E-state index in [9.17, 15) is 32.8 Å². The molecule has 0 bridgehead atoms. The summed E-state index contributed by atoms with van der Waals surface area (Å²) >= 11 is 0. The number of carbonyl (C=O) groups excluding carboxylic acids is 2. The third-order valence-electron chi connectivity index (χ3n) is 7.37. The van der Waals surface area contributed by atoms with Gasteiger partial charge in [0, 0.05) is 11.4 Å². The predicted molar refractivity (Wildman–Crippen MR) is 146 cm³/mol. The summed E-state index contributed by atoms with van der Waals surface area (Å²) in [5.41, 5.74) is -2.19. The molecule has 0 aliphatic carbocycles. The number of carboxylic acid groups (broad SMARTS) is 2. The van der Waals surface area contributed by atoms with Crippen LogP contribution in [-0.4, -0.2) is 53.2 Å². The first kappa shape index (κ1) is 38.8. The van der Waals surface area contributed by atoms with E-state index in [2.05, 4.69) is 13.8 Å². The molecule has 0 rings (SSSR count). The summed E-state index contributed by atoms with van der Waals surface area (Å²) in [5.74, 6) is -3.82. The fourth-order valence-corrected chi connectivity index (χ4v) is 6.33. The van der Waals surface area contributed by atoms with E-state index in [1.54, 1.807) is 0 Å². The van der Waals surface area contributed by atoms with E-state index in [4.69, 9.17) is 0 Å². The van der Waals surface area contributed by atoms with E-state index in [1.807, 2.05) is 0 Å². The van der Waals surface area contributed by atoms with Gasteiger partial charge in [-0.05, 0) is 12.8 Å². The van der Waals surface area contributed by atoms with Crippen LogP contribution in [0.1, 0.15) is 155 Å². The Morgan fingerprint density at radius 1 is 0.622 bits per heavy atom. The Kier molecular flexibility index (Phi) is 24.6. The van der Waals surface area contributed by atoms with Crippen LogP contribution in [0.3, 0.4) is 0 Å². The van der Waals surface area contributed by atoms with E-state index in [0.29, 0.717) is 25.7 Å². The van der Waals surface area contributed by atoms with Gasteiger partial charge >= 0.3 is 23.1 Å². The second kappa shape index (κ2) is 23.5. The summed E-state index contributed by atoms with van der Waals surface area (Å²) in [5, 5.41) is 21.4. The molecule has 0 aromatic carbocycles. The van der Waals surface area contributed by atoms with Crippen LogP contribution >= 0.6 is 0 Å². The van der Waals surface area contributed by atoms with Gasteiger partial charge in [0.1, 0.15) is 5.25 Å². The maximum atomic E-state index is 12.2. The molecule has 0 spiro atoms. The van der Waals surface area contributed by atoms with Gasteiger partial charge < -0.3 is 19.8 Å².